The summed E-state index contributed by atoms with van der Waals surface area (Å²) in [6.45, 7) is 2.33. The Balaban J connectivity index is 1.51. The van der Waals surface area contributed by atoms with Gasteiger partial charge in [0.1, 0.15) is 0 Å². The minimum Gasteiger partial charge on any atom is -0.381 e. The van der Waals surface area contributed by atoms with E-state index in [-0.39, 0.29) is 5.91 Å². The standard InChI is InChI=1S/C17H20N4O2/c22-17(20(14-6-7-14)11-13-8-9-23-12-13)16-10-18-21(19-16)15-4-2-1-3-5-15/h1-5,10,13-14H,6-9,11-12H2/t13-/m1/s1. The fourth-order valence-corrected chi connectivity index (χ4v) is 2.98. The van der Waals surface area contributed by atoms with Gasteiger partial charge in [0.2, 0.25) is 0 Å². The van der Waals surface area contributed by atoms with Gasteiger partial charge in [-0.1, -0.05) is 18.2 Å². The zero-order valence-electron chi connectivity index (χ0n) is 13.0. The molecule has 1 amide bonds. The molecule has 23 heavy (non-hydrogen) atoms. The average Bonchev–Trinajstić information content (AvgIpc) is 3.10. The molecule has 2 fully saturated rings. The first-order valence-corrected chi connectivity index (χ1v) is 8.18. The van der Waals surface area contributed by atoms with Crippen LogP contribution in [0.3, 0.4) is 0 Å². The van der Waals surface area contributed by atoms with E-state index in [2.05, 4.69) is 10.2 Å². The van der Waals surface area contributed by atoms with Gasteiger partial charge in [-0.25, -0.2) is 0 Å². The first-order chi connectivity index (χ1) is 11.3. The van der Waals surface area contributed by atoms with Crippen molar-refractivity contribution in [3.8, 4) is 5.69 Å². The Bertz CT molecular complexity index is 675. The third-order valence-corrected chi connectivity index (χ3v) is 4.43. The number of carbonyl (C=O) groups is 1. The maximum absolute atomic E-state index is 12.8. The summed E-state index contributed by atoms with van der Waals surface area (Å²) in [5.41, 5.74) is 1.27. The number of rotatable bonds is 5. The Kier molecular flexibility index (Phi) is 3.83. The molecule has 1 aliphatic heterocycles. The summed E-state index contributed by atoms with van der Waals surface area (Å²) < 4.78 is 5.44. The molecule has 0 N–H and O–H groups in total. The molecule has 6 nitrogen and oxygen atoms in total. The van der Waals surface area contributed by atoms with E-state index in [0.717, 1.165) is 44.7 Å². The molecular formula is C17H20N4O2. The van der Waals surface area contributed by atoms with Crippen LogP contribution < -0.4 is 0 Å². The third-order valence-electron chi connectivity index (χ3n) is 4.43. The molecule has 1 aliphatic carbocycles. The fourth-order valence-electron chi connectivity index (χ4n) is 2.98. The molecule has 0 unspecified atom stereocenters. The van der Waals surface area contributed by atoms with Gasteiger partial charge >= 0.3 is 0 Å². The van der Waals surface area contributed by atoms with E-state index in [1.54, 1.807) is 6.20 Å². The summed E-state index contributed by atoms with van der Waals surface area (Å²) >= 11 is 0. The summed E-state index contributed by atoms with van der Waals surface area (Å²) in [4.78, 5) is 16.3. The number of hydrogen-bond donors (Lipinski definition) is 0. The molecule has 4 rings (SSSR count). The van der Waals surface area contributed by atoms with Crippen LogP contribution in [0, 0.1) is 5.92 Å². The molecule has 2 heterocycles. The van der Waals surface area contributed by atoms with Gasteiger partial charge < -0.3 is 9.64 Å². The van der Waals surface area contributed by atoms with Gasteiger partial charge in [0.05, 0.1) is 18.5 Å². The van der Waals surface area contributed by atoms with Crippen molar-refractivity contribution in [2.75, 3.05) is 19.8 Å². The minimum absolute atomic E-state index is 0.0124. The molecule has 2 aliphatic rings. The van der Waals surface area contributed by atoms with E-state index in [1.165, 1.54) is 4.80 Å². The van der Waals surface area contributed by atoms with Crippen molar-refractivity contribution in [1.82, 2.24) is 19.9 Å². The fraction of sp³-hybridized carbons (Fsp3) is 0.471. The van der Waals surface area contributed by atoms with E-state index in [0.29, 0.717) is 17.7 Å². The van der Waals surface area contributed by atoms with E-state index < -0.39 is 0 Å². The first kappa shape index (κ1) is 14.4. The Morgan fingerprint density at radius 1 is 1.26 bits per heavy atom. The SMILES string of the molecule is O=C(c1cnn(-c2ccccc2)n1)N(C[C@H]1CCOC1)C1CC1. The summed E-state index contributed by atoms with van der Waals surface area (Å²) in [6.07, 6.45) is 4.78. The van der Waals surface area contributed by atoms with Crippen molar-refractivity contribution in [1.29, 1.82) is 0 Å². The minimum atomic E-state index is -0.0124. The lowest BCUT2D eigenvalue weighted by atomic mass is 10.1. The van der Waals surface area contributed by atoms with E-state index in [4.69, 9.17) is 4.74 Å². The van der Waals surface area contributed by atoms with Gasteiger partial charge in [0.15, 0.2) is 5.69 Å². The number of hydrogen-bond acceptors (Lipinski definition) is 4. The lowest BCUT2D eigenvalue weighted by Gasteiger charge is -2.24. The number of carbonyl (C=O) groups excluding carboxylic acids is 1. The van der Waals surface area contributed by atoms with Gasteiger partial charge in [-0.15, -0.1) is 5.10 Å². The van der Waals surface area contributed by atoms with Crippen LogP contribution in [0.2, 0.25) is 0 Å². The Hall–Kier alpha value is -2.21. The molecule has 1 aromatic heterocycles. The predicted octanol–water partition coefficient (Wildman–Crippen LogP) is 1.91. The molecule has 2 aromatic rings. The number of benzene rings is 1. The van der Waals surface area contributed by atoms with E-state index in [9.17, 15) is 4.79 Å². The number of nitrogens with zero attached hydrogens (tertiary/aromatic N) is 4. The van der Waals surface area contributed by atoms with Crippen LogP contribution in [-0.2, 0) is 4.74 Å². The smallest absolute Gasteiger partial charge is 0.276 e. The highest BCUT2D eigenvalue weighted by Gasteiger charge is 2.36. The molecule has 0 spiro atoms. The summed E-state index contributed by atoms with van der Waals surface area (Å²) in [6, 6.07) is 10.0. The normalized spacial score (nSPS) is 20.6. The summed E-state index contributed by atoms with van der Waals surface area (Å²) in [7, 11) is 0. The lowest BCUT2D eigenvalue weighted by molar-refractivity contribution is 0.0700. The van der Waals surface area contributed by atoms with Crippen molar-refractivity contribution in [3.63, 3.8) is 0 Å². The van der Waals surface area contributed by atoms with Gasteiger partial charge in [-0.05, 0) is 31.4 Å². The molecule has 1 aromatic carbocycles. The first-order valence-electron chi connectivity index (χ1n) is 8.18. The van der Waals surface area contributed by atoms with Crippen molar-refractivity contribution in [3.05, 3.63) is 42.2 Å². The third kappa shape index (κ3) is 3.12. The molecular weight excluding hydrogens is 292 g/mol. The van der Waals surface area contributed by atoms with Crippen molar-refractivity contribution >= 4 is 5.91 Å². The molecule has 0 radical (unpaired) electrons. The highest BCUT2D eigenvalue weighted by Crippen LogP contribution is 2.30. The van der Waals surface area contributed by atoms with Gasteiger partial charge in [-0.2, -0.15) is 9.90 Å². The molecule has 1 saturated heterocycles. The van der Waals surface area contributed by atoms with Crippen LogP contribution in [-0.4, -0.2) is 51.6 Å². The Labute approximate surface area is 135 Å². The average molecular weight is 312 g/mol. The van der Waals surface area contributed by atoms with Crippen LogP contribution in [0.5, 0.6) is 0 Å². The maximum atomic E-state index is 12.8. The predicted molar refractivity (Wildman–Crippen MR) is 84.3 cm³/mol. The lowest BCUT2D eigenvalue weighted by Crippen LogP contribution is -2.37. The van der Waals surface area contributed by atoms with Crippen LogP contribution in [0.4, 0.5) is 0 Å². The molecule has 6 heteroatoms. The van der Waals surface area contributed by atoms with Crippen LogP contribution in [0.1, 0.15) is 29.8 Å². The quantitative estimate of drug-likeness (QED) is 0.846. The topological polar surface area (TPSA) is 60.2 Å². The molecule has 1 atom stereocenters. The van der Waals surface area contributed by atoms with Crippen molar-refractivity contribution in [2.24, 2.45) is 5.92 Å². The zero-order valence-corrected chi connectivity index (χ0v) is 13.0. The zero-order chi connectivity index (χ0) is 15.6. The van der Waals surface area contributed by atoms with Crippen LogP contribution in [0.25, 0.3) is 5.69 Å². The second kappa shape index (κ2) is 6.12. The van der Waals surface area contributed by atoms with Gasteiger partial charge in [-0.3, -0.25) is 4.79 Å². The number of amides is 1. The largest absolute Gasteiger partial charge is 0.381 e. The van der Waals surface area contributed by atoms with Crippen LogP contribution >= 0.6 is 0 Å². The molecule has 120 valence electrons. The van der Waals surface area contributed by atoms with E-state index >= 15 is 0 Å². The Morgan fingerprint density at radius 3 is 2.78 bits per heavy atom. The summed E-state index contributed by atoms with van der Waals surface area (Å²) in [5.74, 6) is 0.435. The molecule has 0 bridgehead atoms. The van der Waals surface area contributed by atoms with Gasteiger partial charge in [0.25, 0.3) is 5.91 Å². The highest BCUT2D eigenvalue weighted by atomic mass is 16.5. The van der Waals surface area contributed by atoms with Crippen molar-refractivity contribution < 1.29 is 9.53 Å². The Morgan fingerprint density at radius 2 is 2.09 bits per heavy atom. The highest BCUT2D eigenvalue weighted by molar-refractivity contribution is 5.92. The summed E-state index contributed by atoms with van der Waals surface area (Å²) in [5, 5.41) is 8.60. The second-order valence-electron chi connectivity index (χ2n) is 6.27. The second-order valence-corrected chi connectivity index (χ2v) is 6.27. The maximum Gasteiger partial charge on any atom is 0.276 e. The monoisotopic (exact) mass is 312 g/mol. The number of para-hydroxylation sites is 1. The van der Waals surface area contributed by atoms with Gasteiger partial charge in [0, 0.05) is 25.1 Å². The van der Waals surface area contributed by atoms with Crippen LogP contribution in [0.15, 0.2) is 36.5 Å². The number of ether oxygens (including phenoxy) is 1. The molecule has 1 saturated carbocycles. The number of aromatic nitrogens is 3. The van der Waals surface area contributed by atoms with E-state index in [1.807, 2.05) is 35.2 Å². The van der Waals surface area contributed by atoms with Crippen molar-refractivity contribution in [2.45, 2.75) is 25.3 Å².